The first kappa shape index (κ1) is 18.7. The number of hydrogen-bond acceptors (Lipinski definition) is 3. The maximum absolute atomic E-state index is 13.1. The standard InChI is InChI=1S/C20H28N2O4/c1-13-11-16(18(23)21-10-6-9-17(21)20(25)26)19(24)22(14(13)2)12-15-7-4-3-5-8-15/h11,15,17H,3-10,12H2,1-2H3,(H,25,26)/t17-/m0/s1. The van der Waals surface area contributed by atoms with E-state index in [1.54, 1.807) is 10.6 Å². The molecular weight excluding hydrogens is 332 g/mol. The molecule has 0 spiro atoms. The van der Waals surface area contributed by atoms with Gasteiger partial charge < -0.3 is 14.6 Å². The summed E-state index contributed by atoms with van der Waals surface area (Å²) in [6.45, 7) is 4.87. The van der Waals surface area contributed by atoms with Gasteiger partial charge in [-0.3, -0.25) is 9.59 Å². The van der Waals surface area contributed by atoms with Crippen LogP contribution in [-0.4, -0.2) is 39.0 Å². The number of carbonyl (C=O) groups is 2. The van der Waals surface area contributed by atoms with Gasteiger partial charge in [0.25, 0.3) is 11.5 Å². The van der Waals surface area contributed by atoms with Gasteiger partial charge in [0.2, 0.25) is 0 Å². The van der Waals surface area contributed by atoms with E-state index in [1.165, 1.54) is 24.2 Å². The predicted octanol–water partition coefficient (Wildman–Crippen LogP) is 2.73. The lowest BCUT2D eigenvalue weighted by Crippen LogP contribution is -2.43. The molecule has 1 N–H and O–H groups in total. The number of aliphatic carboxylic acids is 1. The molecule has 1 aliphatic carbocycles. The minimum atomic E-state index is -0.998. The predicted molar refractivity (Wildman–Crippen MR) is 98.4 cm³/mol. The Morgan fingerprint density at radius 3 is 2.46 bits per heavy atom. The highest BCUT2D eigenvalue weighted by Crippen LogP contribution is 2.26. The average molecular weight is 360 g/mol. The molecule has 1 aliphatic heterocycles. The van der Waals surface area contributed by atoms with Crippen molar-refractivity contribution in [3.05, 3.63) is 33.2 Å². The van der Waals surface area contributed by atoms with Crippen molar-refractivity contribution in [1.82, 2.24) is 9.47 Å². The van der Waals surface area contributed by atoms with E-state index >= 15 is 0 Å². The van der Waals surface area contributed by atoms with Gasteiger partial charge in [0.15, 0.2) is 0 Å². The molecule has 0 aromatic carbocycles. The fraction of sp³-hybridized carbons (Fsp3) is 0.650. The zero-order valence-corrected chi connectivity index (χ0v) is 15.7. The zero-order chi connectivity index (χ0) is 18.8. The summed E-state index contributed by atoms with van der Waals surface area (Å²) >= 11 is 0. The van der Waals surface area contributed by atoms with Crippen LogP contribution < -0.4 is 5.56 Å². The SMILES string of the molecule is Cc1cc(C(=O)N2CCC[C@H]2C(=O)O)c(=O)n(CC2CCCCC2)c1C. The molecule has 6 nitrogen and oxygen atoms in total. The van der Waals surface area contributed by atoms with Crippen LogP contribution in [0, 0.1) is 19.8 Å². The summed E-state index contributed by atoms with van der Waals surface area (Å²) in [6, 6.07) is 0.810. The second-order valence-corrected chi connectivity index (χ2v) is 7.74. The summed E-state index contributed by atoms with van der Waals surface area (Å²) in [5.41, 5.74) is 1.62. The Kier molecular flexibility index (Phi) is 5.49. The number of carboxylic acid groups (broad SMARTS) is 1. The summed E-state index contributed by atoms with van der Waals surface area (Å²) in [6.07, 6.45) is 7.00. The third kappa shape index (κ3) is 3.55. The van der Waals surface area contributed by atoms with Crippen LogP contribution in [-0.2, 0) is 11.3 Å². The van der Waals surface area contributed by atoms with E-state index in [0.29, 0.717) is 31.8 Å². The van der Waals surface area contributed by atoms with E-state index in [-0.39, 0.29) is 11.1 Å². The van der Waals surface area contributed by atoms with Crippen LogP contribution in [0.4, 0.5) is 0 Å². The first-order chi connectivity index (χ1) is 12.4. The fourth-order valence-electron chi connectivity index (χ4n) is 4.32. The van der Waals surface area contributed by atoms with Crippen molar-refractivity contribution in [2.24, 2.45) is 5.92 Å². The molecule has 142 valence electrons. The molecule has 1 aromatic heterocycles. The normalized spacial score (nSPS) is 21.2. The highest BCUT2D eigenvalue weighted by Gasteiger charge is 2.35. The maximum Gasteiger partial charge on any atom is 0.326 e. The summed E-state index contributed by atoms with van der Waals surface area (Å²) in [5, 5.41) is 9.34. The maximum atomic E-state index is 13.1. The number of likely N-dealkylation sites (tertiary alicyclic amines) is 1. The van der Waals surface area contributed by atoms with Crippen molar-refractivity contribution in [3.63, 3.8) is 0 Å². The zero-order valence-electron chi connectivity index (χ0n) is 15.7. The van der Waals surface area contributed by atoms with Crippen LogP contribution in [0.25, 0.3) is 0 Å². The third-order valence-corrected chi connectivity index (χ3v) is 6.01. The van der Waals surface area contributed by atoms with Crippen LogP contribution in [0.15, 0.2) is 10.9 Å². The largest absolute Gasteiger partial charge is 0.480 e. The summed E-state index contributed by atoms with van der Waals surface area (Å²) in [7, 11) is 0. The first-order valence-electron chi connectivity index (χ1n) is 9.65. The Bertz CT molecular complexity index is 762. The molecule has 2 aliphatic rings. The molecule has 0 radical (unpaired) electrons. The molecule has 2 fully saturated rings. The highest BCUT2D eigenvalue weighted by molar-refractivity contribution is 5.96. The smallest absolute Gasteiger partial charge is 0.326 e. The van der Waals surface area contributed by atoms with Crippen LogP contribution in [0.3, 0.4) is 0 Å². The third-order valence-electron chi connectivity index (χ3n) is 6.01. The van der Waals surface area contributed by atoms with E-state index < -0.39 is 17.9 Å². The second kappa shape index (κ2) is 7.64. The van der Waals surface area contributed by atoms with Crippen molar-refractivity contribution in [1.29, 1.82) is 0 Å². The minimum absolute atomic E-state index is 0.108. The van der Waals surface area contributed by atoms with Crippen molar-refractivity contribution in [2.45, 2.75) is 71.4 Å². The molecular formula is C20H28N2O4. The second-order valence-electron chi connectivity index (χ2n) is 7.74. The van der Waals surface area contributed by atoms with Crippen molar-refractivity contribution >= 4 is 11.9 Å². The molecule has 6 heteroatoms. The van der Waals surface area contributed by atoms with E-state index in [0.717, 1.165) is 24.1 Å². The first-order valence-corrected chi connectivity index (χ1v) is 9.65. The van der Waals surface area contributed by atoms with Gasteiger partial charge in [-0.2, -0.15) is 0 Å². The van der Waals surface area contributed by atoms with Gasteiger partial charge in [-0.1, -0.05) is 19.3 Å². The van der Waals surface area contributed by atoms with Gasteiger partial charge in [0, 0.05) is 18.8 Å². The number of hydrogen-bond donors (Lipinski definition) is 1. The summed E-state index contributed by atoms with van der Waals surface area (Å²) in [5.74, 6) is -0.967. The number of aromatic nitrogens is 1. The van der Waals surface area contributed by atoms with Gasteiger partial charge in [0.05, 0.1) is 0 Å². The molecule has 0 unspecified atom stereocenters. The van der Waals surface area contributed by atoms with Crippen LogP contribution in [0.5, 0.6) is 0 Å². The van der Waals surface area contributed by atoms with Crippen molar-refractivity contribution in [3.8, 4) is 0 Å². The van der Waals surface area contributed by atoms with Gasteiger partial charge in [-0.15, -0.1) is 0 Å². The highest BCUT2D eigenvalue weighted by atomic mass is 16.4. The number of aryl methyl sites for hydroxylation is 1. The van der Waals surface area contributed by atoms with Gasteiger partial charge in [-0.05, 0) is 57.1 Å². The summed E-state index contributed by atoms with van der Waals surface area (Å²) in [4.78, 5) is 38.8. The summed E-state index contributed by atoms with van der Waals surface area (Å²) < 4.78 is 1.74. The van der Waals surface area contributed by atoms with Gasteiger partial charge in [0.1, 0.15) is 11.6 Å². The molecule has 1 saturated carbocycles. The lowest BCUT2D eigenvalue weighted by Gasteiger charge is -2.25. The Balaban J connectivity index is 1.93. The van der Waals surface area contributed by atoms with E-state index in [4.69, 9.17) is 0 Å². The van der Waals surface area contributed by atoms with E-state index in [1.807, 2.05) is 13.8 Å². The quantitative estimate of drug-likeness (QED) is 0.895. The minimum Gasteiger partial charge on any atom is -0.480 e. The molecule has 1 aromatic rings. The molecule has 1 amide bonds. The van der Waals surface area contributed by atoms with Crippen LogP contribution in [0.1, 0.15) is 66.6 Å². The molecule has 1 atom stereocenters. The number of carbonyl (C=O) groups excluding carboxylic acids is 1. The lowest BCUT2D eigenvalue weighted by atomic mass is 9.89. The number of nitrogens with zero attached hydrogens (tertiary/aromatic N) is 2. The molecule has 3 rings (SSSR count). The molecule has 26 heavy (non-hydrogen) atoms. The van der Waals surface area contributed by atoms with E-state index in [2.05, 4.69) is 0 Å². The number of amides is 1. The monoisotopic (exact) mass is 360 g/mol. The van der Waals surface area contributed by atoms with Crippen LogP contribution in [0.2, 0.25) is 0 Å². The Labute approximate surface area is 153 Å². The fourth-order valence-corrected chi connectivity index (χ4v) is 4.32. The Hall–Kier alpha value is -2.11. The Morgan fingerprint density at radius 2 is 1.81 bits per heavy atom. The van der Waals surface area contributed by atoms with Gasteiger partial charge in [-0.25, -0.2) is 4.79 Å². The number of rotatable bonds is 4. The van der Waals surface area contributed by atoms with Crippen LogP contribution >= 0.6 is 0 Å². The van der Waals surface area contributed by atoms with Gasteiger partial charge >= 0.3 is 5.97 Å². The van der Waals surface area contributed by atoms with Crippen molar-refractivity contribution in [2.75, 3.05) is 6.54 Å². The van der Waals surface area contributed by atoms with E-state index in [9.17, 15) is 19.5 Å². The topological polar surface area (TPSA) is 79.6 Å². The Morgan fingerprint density at radius 1 is 1.12 bits per heavy atom. The number of pyridine rings is 1. The van der Waals surface area contributed by atoms with Crippen molar-refractivity contribution < 1.29 is 14.7 Å². The number of carboxylic acids is 1. The molecule has 0 bridgehead atoms. The lowest BCUT2D eigenvalue weighted by molar-refractivity contribution is -0.141. The molecule has 2 heterocycles. The molecule has 1 saturated heterocycles. The average Bonchev–Trinajstić information content (AvgIpc) is 3.12.